The number of para-hydroxylation sites is 1. The van der Waals surface area contributed by atoms with Crippen LogP contribution >= 0.6 is 0 Å². The molecule has 0 saturated heterocycles. The summed E-state index contributed by atoms with van der Waals surface area (Å²) in [5, 5.41) is 3.14. The molecule has 130 valence electrons. The SMILES string of the molecule is C[C@H](NC(=O)COc1ccccc1F)C12CC3CC(CC(C3)C1)C2. The summed E-state index contributed by atoms with van der Waals surface area (Å²) < 4.78 is 18.9. The number of amides is 1. The molecular weight excluding hydrogens is 305 g/mol. The molecule has 1 amide bonds. The van der Waals surface area contributed by atoms with Crippen LogP contribution < -0.4 is 10.1 Å². The van der Waals surface area contributed by atoms with Crippen LogP contribution in [-0.2, 0) is 4.79 Å². The Morgan fingerprint density at radius 1 is 1.21 bits per heavy atom. The Hall–Kier alpha value is -1.58. The van der Waals surface area contributed by atoms with E-state index in [9.17, 15) is 9.18 Å². The molecule has 0 radical (unpaired) electrons. The van der Waals surface area contributed by atoms with Crippen LogP contribution in [0.4, 0.5) is 4.39 Å². The van der Waals surface area contributed by atoms with E-state index in [1.54, 1.807) is 18.2 Å². The topological polar surface area (TPSA) is 38.3 Å². The number of halogens is 1. The molecule has 0 unspecified atom stereocenters. The minimum absolute atomic E-state index is 0.127. The smallest absolute Gasteiger partial charge is 0.258 e. The lowest BCUT2D eigenvalue weighted by Gasteiger charge is -2.59. The standard InChI is InChI=1S/C20H26FNO2/c1-13(20-9-14-6-15(10-20)8-16(7-14)11-20)22-19(23)12-24-18-5-3-2-4-17(18)21/h2-5,13-16H,6-12H2,1H3,(H,22,23)/t13-,14?,15?,16?,20?/m0/s1. The van der Waals surface area contributed by atoms with Crippen molar-refractivity contribution < 1.29 is 13.9 Å². The van der Waals surface area contributed by atoms with Gasteiger partial charge in [0.2, 0.25) is 0 Å². The molecule has 0 heterocycles. The van der Waals surface area contributed by atoms with Crippen LogP contribution in [0.25, 0.3) is 0 Å². The summed E-state index contributed by atoms with van der Waals surface area (Å²) in [5.74, 6) is 2.15. The molecule has 1 aromatic carbocycles. The molecule has 0 aliphatic heterocycles. The van der Waals surface area contributed by atoms with Gasteiger partial charge in [0.25, 0.3) is 5.91 Å². The third-order valence-electron chi connectivity index (χ3n) is 6.58. The first-order chi connectivity index (χ1) is 11.5. The second-order valence-corrected chi connectivity index (χ2v) is 8.29. The number of benzene rings is 1. The summed E-state index contributed by atoms with van der Waals surface area (Å²) in [6.07, 6.45) is 7.97. The molecule has 4 aliphatic carbocycles. The van der Waals surface area contributed by atoms with Gasteiger partial charge in [-0.15, -0.1) is 0 Å². The summed E-state index contributed by atoms with van der Waals surface area (Å²) >= 11 is 0. The molecule has 1 atom stereocenters. The zero-order chi connectivity index (χ0) is 16.7. The number of nitrogens with one attached hydrogen (secondary N) is 1. The molecule has 5 rings (SSSR count). The zero-order valence-corrected chi connectivity index (χ0v) is 14.3. The monoisotopic (exact) mass is 331 g/mol. The maximum absolute atomic E-state index is 13.6. The van der Waals surface area contributed by atoms with Crippen molar-refractivity contribution in [3.63, 3.8) is 0 Å². The molecule has 4 fully saturated rings. The number of carbonyl (C=O) groups excluding carboxylic acids is 1. The van der Waals surface area contributed by atoms with Crippen LogP contribution in [0.2, 0.25) is 0 Å². The quantitative estimate of drug-likeness (QED) is 0.888. The van der Waals surface area contributed by atoms with Crippen molar-refractivity contribution >= 4 is 5.91 Å². The average Bonchev–Trinajstić information content (AvgIpc) is 2.53. The fraction of sp³-hybridized carbons (Fsp3) is 0.650. The fourth-order valence-electron chi connectivity index (χ4n) is 5.85. The van der Waals surface area contributed by atoms with Gasteiger partial charge in [-0.1, -0.05) is 12.1 Å². The van der Waals surface area contributed by atoms with Crippen molar-refractivity contribution in [2.45, 2.75) is 51.5 Å². The van der Waals surface area contributed by atoms with Gasteiger partial charge in [0, 0.05) is 6.04 Å². The normalized spacial score (nSPS) is 34.8. The summed E-state index contributed by atoms with van der Waals surface area (Å²) in [5.41, 5.74) is 0.280. The summed E-state index contributed by atoms with van der Waals surface area (Å²) in [6, 6.07) is 6.37. The van der Waals surface area contributed by atoms with Crippen LogP contribution in [0, 0.1) is 29.0 Å². The Morgan fingerprint density at radius 3 is 2.38 bits per heavy atom. The predicted octanol–water partition coefficient (Wildman–Crippen LogP) is 3.93. The van der Waals surface area contributed by atoms with Crippen molar-refractivity contribution in [1.82, 2.24) is 5.32 Å². The van der Waals surface area contributed by atoms with Crippen LogP contribution in [-0.4, -0.2) is 18.6 Å². The molecule has 4 saturated carbocycles. The minimum Gasteiger partial charge on any atom is -0.481 e. The lowest BCUT2D eigenvalue weighted by molar-refractivity contribution is -0.127. The van der Waals surface area contributed by atoms with Crippen molar-refractivity contribution in [2.24, 2.45) is 23.2 Å². The highest BCUT2D eigenvalue weighted by molar-refractivity contribution is 5.77. The highest BCUT2D eigenvalue weighted by Crippen LogP contribution is 2.61. The predicted molar refractivity (Wildman–Crippen MR) is 90.1 cm³/mol. The third-order valence-corrected chi connectivity index (χ3v) is 6.58. The molecular formula is C20H26FNO2. The molecule has 4 heteroatoms. The number of hydrogen-bond donors (Lipinski definition) is 1. The van der Waals surface area contributed by atoms with E-state index >= 15 is 0 Å². The zero-order valence-electron chi connectivity index (χ0n) is 14.3. The maximum Gasteiger partial charge on any atom is 0.258 e. The summed E-state index contributed by atoms with van der Waals surface area (Å²) in [4.78, 5) is 12.3. The van der Waals surface area contributed by atoms with Gasteiger partial charge in [0.15, 0.2) is 18.2 Å². The van der Waals surface area contributed by atoms with Gasteiger partial charge < -0.3 is 10.1 Å². The summed E-state index contributed by atoms with van der Waals surface area (Å²) in [7, 11) is 0. The Kier molecular flexibility index (Phi) is 4.01. The van der Waals surface area contributed by atoms with E-state index < -0.39 is 5.82 Å². The van der Waals surface area contributed by atoms with Crippen molar-refractivity contribution in [3.05, 3.63) is 30.1 Å². The fourth-order valence-corrected chi connectivity index (χ4v) is 5.85. The van der Waals surface area contributed by atoms with E-state index in [0.29, 0.717) is 0 Å². The van der Waals surface area contributed by atoms with Crippen LogP contribution in [0.15, 0.2) is 24.3 Å². The molecule has 0 aromatic heterocycles. The van der Waals surface area contributed by atoms with Crippen LogP contribution in [0.5, 0.6) is 5.75 Å². The van der Waals surface area contributed by atoms with Crippen LogP contribution in [0.3, 0.4) is 0 Å². The third kappa shape index (κ3) is 2.91. The highest BCUT2D eigenvalue weighted by Gasteiger charge is 2.53. The average molecular weight is 331 g/mol. The number of hydrogen-bond acceptors (Lipinski definition) is 2. The molecule has 1 aromatic rings. The second-order valence-electron chi connectivity index (χ2n) is 8.29. The highest BCUT2D eigenvalue weighted by atomic mass is 19.1. The number of carbonyl (C=O) groups is 1. The Bertz CT molecular complexity index is 595. The van der Waals surface area contributed by atoms with Crippen molar-refractivity contribution in [1.29, 1.82) is 0 Å². The maximum atomic E-state index is 13.6. The lowest BCUT2D eigenvalue weighted by Crippen LogP contribution is -2.56. The van der Waals surface area contributed by atoms with Gasteiger partial charge in [-0.2, -0.15) is 0 Å². The molecule has 4 aliphatic rings. The van der Waals surface area contributed by atoms with Crippen molar-refractivity contribution in [2.75, 3.05) is 6.61 Å². The van der Waals surface area contributed by atoms with Gasteiger partial charge >= 0.3 is 0 Å². The van der Waals surface area contributed by atoms with E-state index in [1.165, 1.54) is 44.6 Å². The minimum atomic E-state index is -0.431. The first-order valence-corrected chi connectivity index (χ1v) is 9.21. The molecule has 4 bridgehead atoms. The second kappa shape index (κ2) is 6.05. The van der Waals surface area contributed by atoms with E-state index in [-0.39, 0.29) is 29.7 Å². The van der Waals surface area contributed by atoms with E-state index in [2.05, 4.69) is 12.2 Å². The van der Waals surface area contributed by atoms with E-state index in [0.717, 1.165) is 17.8 Å². The number of ether oxygens (including phenoxy) is 1. The first-order valence-electron chi connectivity index (χ1n) is 9.21. The lowest BCUT2D eigenvalue weighted by atomic mass is 9.48. The van der Waals surface area contributed by atoms with Gasteiger partial charge in [0.05, 0.1) is 0 Å². The molecule has 24 heavy (non-hydrogen) atoms. The van der Waals surface area contributed by atoms with E-state index in [4.69, 9.17) is 4.74 Å². The Morgan fingerprint density at radius 2 is 1.79 bits per heavy atom. The largest absolute Gasteiger partial charge is 0.481 e. The van der Waals surface area contributed by atoms with E-state index in [1.807, 2.05) is 0 Å². The van der Waals surface area contributed by atoms with Gasteiger partial charge in [-0.3, -0.25) is 4.79 Å². The van der Waals surface area contributed by atoms with Gasteiger partial charge in [-0.25, -0.2) is 4.39 Å². The molecule has 0 spiro atoms. The van der Waals surface area contributed by atoms with Crippen LogP contribution in [0.1, 0.15) is 45.4 Å². The number of rotatable bonds is 5. The first kappa shape index (κ1) is 15.9. The molecule has 1 N–H and O–H groups in total. The van der Waals surface area contributed by atoms with Gasteiger partial charge in [0.1, 0.15) is 0 Å². The Labute approximate surface area is 143 Å². The van der Waals surface area contributed by atoms with Gasteiger partial charge in [-0.05, 0) is 80.8 Å². The van der Waals surface area contributed by atoms with Crippen molar-refractivity contribution in [3.8, 4) is 5.75 Å². The molecule has 3 nitrogen and oxygen atoms in total. The summed E-state index contributed by atoms with van der Waals surface area (Å²) in [6.45, 7) is 2.02. The Balaban J connectivity index is 1.35.